The van der Waals surface area contributed by atoms with E-state index in [0.717, 1.165) is 0 Å². The topological polar surface area (TPSA) is 57.5 Å². The summed E-state index contributed by atoms with van der Waals surface area (Å²) < 4.78 is 29.8. The first-order valence-corrected chi connectivity index (χ1v) is 5.79. The second kappa shape index (κ2) is 2.81. The molecule has 0 aromatic heterocycles. The lowest BCUT2D eigenvalue weighted by Gasteiger charge is -2.27. The van der Waals surface area contributed by atoms with Crippen molar-refractivity contribution in [2.75, 3.05) is 5.21 Å². The third kappa shape index (κ3) is 1.84. The van der Waals surface area contributed by atoms with E-state index in [4.69, 9.17) is 11.6 Å². The van der Waals surface area contributed by atoms with Crippen LogP contribution in [0.4, 0.5) is 0 Å². The number of hydrogen-bond donors (Lipinski definition) is 2. The van der Waals surface area contributed by atoms with Crippen LogP contribution in [0, 0.1) is 0 Å². The maximum absolute atomic E-state index is 11.3. The van der Waals surface area contributed by atoms with Crippen LogP contribution >= 0.6 is 11.6 Å². The number of alkyl halides is 1. The summed E-state index contributed by atoms with van der Waals surface area (Å²) in [7, 11) is -4.76. The zero-order valence-corrected chi connectivity index (χ0v) is 7.76. The molecule has 0 amide bonds. The fourth-order valence-electron chi connectivity index (χ4n) is 0.757. The molecule has 0 spiro atoms. The van der Waals surface area contributed by atoms with E-state index in [0.29, 0.717) is 0 Å². The third-order valence-corrected chi connectivity index (χ3v) is 4.21. The highest BCUT2D eigenvalue weighted by Crippen LogP contribution is 2.29. The first-order chi connectivity index (χ1) is 5.44. The van der Waals surface area contributed by atoms with Gasteiger partial charge < -0.3 is 9.11 Å². The monoisotopic (exact) mass is 208 g/mol. The van der Waals surface area contributed by atoms with Crippen molar-refractivity contribution in [3.8, 4) is 0 Å². The second-order valence-electron chi connectivity index (χ2n) is 2.44. The summed E-state index contributed by atoms with van der Waals surface area (Å²) in [4.78, 5) is -0.0514. The maximum atomic E-state index is 11.3. The van der Waals surface area contributed by atoms with E-state index in [2.05, 4.69) is 0 Å². The standard InChI is InChI=1S/C7H9ClO3S/c8-6-12(9,10,11)7-4-2-1-3-5-7/h1-5H,6H2,(H2,9,10,11). The minimum atomic E-state index is -4.76. The predicted molar refractivity (Wildman–Crippen MR) is 48.8 cm³/mol. The van der Waals surface area contributed by atoms with E-state index in [1.807, 2.05) is 0 Å². The quantitative estimate of drug-likeness (QED) is 0.731. The molecule has 5 heteroatoms. The van der Waals surface area contributed by atoms with Crippen molar-refractivity contribution in [3.05, 3.63) is 30.3 Å². The van der Waals surface area contributed by atoms with Crippen molar-refractivity contribution < 1.29 is 13.3 Å². The molecule has 0 fully saturated rings. The molecule has 0 saturated heterocycles. The van der Waals surface area contributed by atoms with Crippen LogP contribution in [0.25, 0.3) is 0 Å². The van der Waals surface area contributed by atoms with Crippen LogP contribution in [0.5, 0.6) is 0 Å². The van der Waals surface area contributed by atoms with Crippen LogP contribution in [0.3, 0.4) is 0 Å². The summed E-state index contributed by atoms with van der Waals surface area (Å²) in [6, 6.07) is 7.51. The summed E-state index contributed by atoms with van der Waals surface area (Å²) in [6.07, 6.45) is 0. The van der Waals surface area contributed by atoms with Crippen molar-refractivity contribution in [3.63, 3.8) is 0 Å². The van der Waals surface area contributed by atoms with Crippen LogP contribution in [0.1, 0.15) is 0 Å². The molecular weight excluding hydrogens is 200 g/mol. The molecule has 0 bridgehead atoms. The van der Waals surface area contributed by atoms with Gasteiger partial charge in [0.2, 0.25) is 0 Å². The molecule has 1 rings (SSSR count). The minimum Gasteiger partial charge on any atom is -0.303 e. The van der Waals surface area contributed by atoms with Crippen LogP contribution in [0.2, 0.25) is 0 Å². The van der Waals surface area contributed by atoms with Gasteiger partial charge in [0.25, 0.3) is 0 Å². The molecule has 1 aromatic rings. The van der Waals surface area contributed by atoms with E-state index in [9.17, 15) is 13.3 Å². The summed E-state index contributed by atoms with van der Waals surface area (Å²) in [5.74, 6) is 0. The Bertz CT molecular complexity index is 330. The summed E-state index contributed by atoms with van der Waals surface area (Å²) in [5.41, 5.74) is 0. The Labute approximate surface area is 75.4 Å². The van der Waals surface area contributed by atoms with Crippen molar-refractivity contribution in [2.24, 2.45) is 0 Å². The lowest BCUT2D eigenvalue weighted by atomic mass is 10.4. The predicted octanol–water partition coefficient (Wildman–Crippen LogP) is 2.01. The first kappa shape index (κ1) is 9.67. The van der Waals surface area contributed by atoms with Crippen LogP contribution < -0.4 is 0 Å². The van der Waals surface area contributed by atoms with E-state index in [-0.39, 0.29) is 4.90 Å². The largest absolute Gasteiger partial charge is 0.303 e. The molecule has 68 valence electrons. The van der Waals surface area contributed by atoms with E-state index >= 15 is 0 Å². The highest BCUT2D eigenvalue weighted by molar-refractivity contribution is 8.11. The molecule has 3 nitrogen and oxygen atoms in total. The summed E-state index contributed by atoms with van der Waals surface area (Å²) in [5, 5.41) is -0.707. The van der Waals surface area contributed by atoms with Gasteiger partial charge in [0, 0.05) is 0 Å². The van der Waals surface area contributed by atoms with E-state index in [1.54, 1.807) is 18.2 Å². The SMILES string of the molecule is O=S(O)(O)(CCl)c1ccccc1. The van der Waals surface area contributed by atoms with Crippen molar-refractivity contribution >= 4 is 21.2 Å². The van der Waals surface area contributed by atoms with Gasteiger partial charge in [-0.05, 0) is 12.1 Å². The van der Waals surface area contributed by atoms with Gasteiger partial charge in [-0.2, -0.15) is 0 Å². The van der Waals surface area contributed by atoms with Gasteiger partial charge in [0.1, 0.15) is 14.8 Å². The van der Waals surface area contributed by atoms with Crippen molar-refractivity contribution in [2.45, 2.75) is 4.90 Å². The molecule has 2 N–H and O–H groups in total. The Balaban J connectivity index is 3.24. The van der Waals surface area contributed by atoms with Crippen LogP contribution in [-0.2, 0) is 9.63 Å². The molecule has 0 aliphatic carbocycles. The van der Waals surface area contributed by atoms with E-state index in [1.165, 1.54) is 12.1 Å². The molecule has 0 aliphatic rings. The zero-order valence-electron chi connectivity index (χ0n) is 6.18. The number of hydrogen-bond acceptors (Lipinski definition) is 1. The number of rotatable bonds is 2. The molecule has 0 aliphatic heterocycles. The van der Waals surface area contributed by atoms with Gasteiger partial charge in [-0.15, -0.1) is 11.6 Å². The molecule has 0 heterocycles. The molecule has 0 saturated carbocycles. The van der Waals surface area contributed by atoms with Gasteiger partial charge in [-0.3, -0.25) is 0 Å². The second-order valence-corrected chi connectivity index (χ2v) is 5.82. The van der Waals surface area contributed by atoms with Crippen LogP contribution in [0.15, 0.2) is 35.2 Å². The fourth-order valence-corrected chi connectivity index (χ4v) is 1.97. The van der Waals surface area contributed by atoms with Crippen LogP contribution in [-0.4, -0.2) is 18.5 Å². The lowest BCUT2D eigenvalue weighted by Crippen LogP contribution is -2.32. The lowest BCUT2D eigenvalue weighted by molar-refractivity contribution is 0.396. The highest BCUT2D eigenvalue weighted by Gasteiger charge is 2.30. The normalized spacial score (nSPS) is 15.1. The van der Waals surface area contributed by atoms with E-state index < -0.39 is 14.8 Å². The van der Waals surface area contributed by atoms with Gasteiger partial charge in [-0.25, -0.2) is 4.21 Å². The average molecular weight is 209 g/mol. The van der Waals surface area contributed by atoms with Crippen molar-refractivity contribution in [1.29, 1.82) is 0 Å². The zero-order chi connectivity index (χ0) is 9.27. The average Bonchev–Trinajstić information content (AvgIpc) is 2.06. The Hall–Kier alpha value is -0.420. The van der Waals surface area contributed by atoms with Gasteiger partial charge in [0.15, 0.2) is 0 Å². The Morgan fingerprint density at radius 2 is 1.75 bits per heavy atom. The molecule has 0 radical (unpaired) electrons. The summed E-state index contributed by atoms with van der Waals surface area (Å²) >= 11 is 5.20. The smallest absolute Gasteiger partial charge is 0.125 e. The minimum absolute atomic E-state index is 0.0514. The Morgan fingerprint density at radius 3 is 2.17 bits per heavy atom. The van der Waals surface area contributed by atoms with Crippen molar-refractivity contribution in [1.82, 2.24) is 0 Å². The van der Waals surface area contributed by atoms with Gasteiger partial charge >= 0.3 is 0 Å². The third-order valence-electron chi connectivity index (χ3n) is 1.41. The number of halogens is 1. The summed E-state index contributed by atoms with van der Waals surface area (Å²) in [6.45, 7) is 0. The fraction of sp³-hybridized carbons (Fsp3) is 0.143. The maximum Gasteiger partial charge on any atom is 0.125 e. The molecule has 1 aromatic carbocycles. The van der Waals surface area contributed by atoms with Gasteiger partial charge in [-0.1, -0.05) is 18.2 Å². The molecule has 0 atom stereocenters. The Kier molecular flexibility index (Phi) is 2.27. The van der Waals surface area contributed by atoms with Gasteiger partial charge in [0.05, 0.1) is 4.90 Å². The highest BCUT2D eigenvalue weighted by atomic mass is 35.5. The first-order valence-electron chi connectivity index (χ1n) is 3.20. The molecular formula is C7H9ClO3S. The number of benzene rings is 1. The molecule has 0 unspecified atom stereocenters. The molecule has 12 heavy (non-hydrogen) atoms. The Morgan fingerprint density at radius 1 is 1.25 bits per heavy atom.